The van der Waals surface area contributed by atoms with Crippen LogP contribution in [0, 0.1) is 0 Å². The highest BCUT2D eigenvalue weighted by Crippen LogP contribution is 2.24. The molecule has 8 heteroatoms. The minimum Gasteiger partial charge on any atom is -0.375 e. The van der Waals surface area contributed by atoms with Crippen molar-refractivity contribution >= 4 is 27.4 Å². The van der Waals surface area contributed by atoms with E-state index in [0.29, 0.717) is 30.6 Å². The Labute approximate surface area is 155 Å². The normalized spacial score (nSPS) is 21.0. The third-order valence-electron chi connectivity index (χ3n) is 4.51. The second-order valence-corrected chi connectivity index (χ2v) is 9.89. The number of rotatable bonds is 4. The van der Waals surface area contributed by atoms with Crippen LogP contribution in [0.5, 0.6) is 0 Å². The SMILES string of the molecule is CN=C(NCC(OC)c1cccc(Cl)c1)N1CCS(=O)(=O)C(C)(C)C1. The minimum atomic E-state index is -3.08. The molecule has 1 saturated heterocycles. The van der Waals surface area contributed by atoms with Gasteiger partial charge in [-0.2, -0.15) is 0 Å². The van der Waals surface area contributed by atoms with E-state index in [-0.39, 0.29) is 11.9 Å². The van der Waals surface area contributed by atoms with Crippen LogP contribution < -0.4 is 5.32 Å². The summed E-state index contributed by atoms with van der Waals surface area (Å²) in [6.07, 6.45) is -0.183. The van der Waals surface area contributed by atoms with Crippen molar-refractivity contribution in [1.29, 1.82) is 0 Å². The number of methoxy groups -OCH3 is 1. The molecule has 1 N–H and O–H groups in total. The van der Waals surface area contributed by atoms with Crippen LogP contribution in [0.3, 0.4) is 0 Å². The standard InChI is InChI=1S/C17H26ClN3O3S/c1-17(2)12-21(8-9-25(17,22)23)16(19-3)20-11-15(24-4)13-6-5-7-14(18)10-13/h5-7,10,15H,8-9,11-12H2,1-4H3,(H,19,20). The van der Waals surface area contributed by atoms with Gasteiger partial charge in [0.05, 0.1) is 16.6 Å². The molecule has 1 atom stereocenters. The van der Waals surface area contributed by atoms with Gasteiger partial charge in [-0.3, -0.25) is 4.99 Å². The van der Waals surface area contributed by atoms with Gasteiger partial charge < -0.3 is 15.0 Å². The van der Waals surface area contributed by atoms with E-state index in [0.717, 1.165) is 5.56 Å². The van der Waals surface area contributed by atoms with E-state index in [1.807, 2.05) is 29.2 Å². The maximum absolute atomic E-state index is 12.2. The molecule has 1 heterocycles. The molecular formula is C17H26ClN3O3S. The van der Waals surface area contributed by atoms with Crippen molar-refractivity contribution in [2.75, 3.05) is 39.5 Å². The zero-order chi connectivity index (χ0) is 18.7. The maximum Gasteiger partial charge on any atom is 0.193 e. The van der Waals surface area contributed by atoms with Gasteiger partial charge in [-0.1, -0.05) is 23.7 Å². The van der Waals surface area contributed by atoms with Crippen LogP contribution in [-0.2, 0) is 14.6 Å². The van der Waals surface area contributed by atoms with Gasteiger partial charge in [0.15, 0.2) is 15.8 Å². The van der Waals surface area contributed by atoms with Crippen molar-refractivity contribution in [3.63, 3.8) is 0 Å². The number of sulfone groups is 1. The fourth-order valence-electron chi connectivity index (χ4n) is 2.88. The Hall–Kier alpha value is -1.31. The van der Waals surface area contributed by atoms with Gasteiger partial charge in [0.2, 0.25) is 0 Å². The van der Waals surface area contributed by atoms with E-state index in [2.05, 4.69) is 10.3 Å². The summed E-state index contributed by atoms with van der Waals surface area (Å²) in [7, 11) is 0.256. The molecule has 25 heavy (non-hydrogen) atoms. The van der Waals surface area contributed by atoms with Crippen molar-refractivity contribution in [3.05, 3.63) is 34.9 Å². The Balaban J connectivity index is 2.05. The van der Waals surface area contributed by atoms with Crippen molar-refractivity contribution in [1.82, 2.24) is 10.2 Å². The smallest absolute Gasteiger partial charge is 0.193 e. The minimum absolute atomic E-state index is 0.128. The van der Waals surface area contributed by atoms with Crippen LogP contribution in [0.4, 0.5) is 0 Å². The van der Waals surface area contributed by atoms with Crippen LogP contribution in [0.25, 0.3) is 0 Å². The van der Waals surface area contributed by atoms with Gasteiger partial charge in [-0.05, 0) is 31.5 Å². The summed E-state index contributed by atoms with van der Waals surface area (Å²) in [5.41, 5.74) is 0.972. The van der Waals surface area contributed by atoms with Crippen molar-refractivity contribution < 1.29 is 13.2 Å². The quantitative estimate of drug-likeness (QED) is 0.632. The fourth-order valence-corrected chi connectivity index (χ4v) is 4.45. The average Bonchev–Trinajstić information content (AvgIpc) is 2.54. The van der Waals surface area contributed by atoms with Crippen LogP contribution >= 0.6 is 11.6 Å². The second kappa shape index (κ2) is 7.93. The van der Waals surface area contributed by atoms with E-state index in [1.54, 1.807) is 28.0 Å². The Kier molecular flexibility index (Phi) is 6.35. The topological polar surface area (TPSA) is 71.0 Å². The maximum atomic E-state index is 12.2. The highest BCUT2D eigenvalue weighted by atomic mass is 35.5. The predicted octanol–water partition coefficient (Wildman–Crippen LogP) is 2.11. The number of hydrogen-bond donors (Lipinski definition) is 1. The largest absolute Gasteiger partial charge is 0.375 e. The molecule has 2 rings (SSSR count). The summed E-state index contributed by atoms with van der Waals surface area (Å²) in [5.74, 6) is 0.801. The monoisotopic (exact) mass is 387 g/mol. The third-order valence-corrected chi connectivity index (χ3v) is 7.27. The molecule has 1 fully saturated rings. The first kappa shape index (κ1) is 20.0. The van der Waals surface area contributed by atoms with Crippen molar-refractivity contribution in [3.8, 4) is 0 Å². The first-order valence-corrected chi connectivity index (χ1v) is 10.2. The summed E-state index contributed by atoms with van der Waals surface area (Å²) in [5, 5.41) is 3.95. The van der Waals surface area contributed by atoms with Gasteiger partial charge in [0.25, 0.3) is 0 Å². The summed E-state index contributed by atoms with van der Waals surface area (Å²) in [6.45, 7) is 4.86. The molecule has 6 nitrogen and oxygen atoms in total. The Morgan fingerprint density at radius 1 is 1.48 bits per heavy atom. The molecule has 1 aromatic rings. The summed E-state index contributed by atoms with van der Waals surface area (Å²) >= 11 is 6.05. The molecule has 0 aliphatic carbocycles. The van der Waals surface area contributed by atoms with Gasteiger partial charge in [-0.15, -0.1) is 0 Å². The van der Waals surface area contributed by atoms with E-state index in [9.17, 15) is 8.42 Å². The van der Waals surface area contributed by atoms with Gasteiger partial charge in [-0.25, -0.2) is 8.42 Å². The first-order chi connectivity index (χ1) is 11.7. The molecular weight excluding hydrogens is 362 g/mol. The van der Waals surface area contributed by atoms with Gasteiger partial charge in [0.1, 0.15) is 0 Å². The number of aliphatic imine (C=N–C) groups is 1. The zero-order valence-electron chi connectivity index (χ0n) is 15.1. The van der Waals surface area contributed by atoms with E-state index < -0.39 is 14.6 Å². The molecule has 0 amide bonds. The van der Waals surface area contributed by atoms with Gasteiger partial charge >= 0.3 is 0 Å². The lowest BCUT2D eigenvalue weighted by molar-refractivity contribution is 0.105. The van der Waals surface area contributed by atoms with Crippen molar-refractivity contribution in [2.24, 2.45) is 4.99 Å². The zero-order valence-corrected chi connectivity index (χ0v) is 16.7. The number of halogens is 1. The third kappa shape index (κ3) is 4.65. The predicted molar refractivity (Wildman–Crippen MR) is 102 cm³/mol. The molecule has 1 aliphatic rings. The number of guanidine groups is 1. The Morgan fingerprint density at radius 2 is 2.20 bits per heavy atom. The van der Waals surface area contributed by atoms with Gasteiger partial charge in [0, 0.05) is 38.8 Å². The first-order valence-electron chi connectivity index (χ1n) is 8.16. The summed E-state index contributed by atoms with van der Waals surface area (Å²) in [6, 6.07) is 7.54. The number of benzene rings is 1. The second-order valence-electron chi connectivity index (χ2n) is 6.71. The number of hydrogen-bond acceptors (Lipinski definition) is 4. The molecule has 140 valence electrons. The Morgan fingerprint density at radius 3 is 2.76 bits per heavy atom. The highest BCUT2D eigenvalue weighted by Gasteiger charge is 2.41. The lowest BCUT2D eigenvalue weighted by atomic mass is 10.1. The number of ether oxygens (including phenoxy) is 1. The van der Waals surface area contributed by atoms with E-state index in [4.69, 9.17) is 16.3 Å². The number of nitrogens with one attached hydrogen (secondary N) is 1. The van der Waals surface area contributed by atoms with Crippen LogP contribution in [0.2, 0.25) is 5.02 Å². The number of nitrogens with zero attached hydrogens (tertiary/aromatic N) is 2. The van der Waals surface area contributed by atoms with Crippen LogP contribution in [0.1, 0.15) is 25.5 Å². The molecule has 0 bridgehead atoms. The van der Waals surface area contributed by atoms with E-state index in [1.165, 1.54) is 0 Å². The molecule has 1 aromatic carbocycles. The highest BCUT2D eigenvalue weighted by molar-refractivity contribution is 7.92. The summed E-state index contributed by atoms with van der Waals surface area (Å²) in [4.78, 5) is 6.28. The van der Waals surface area contributed by atoms with Crippen LogP contribution in [-0.4, -0.2) is 63.6 Å². The Bertz CT molecular complexity index is 734. The summed E-state index contributed by atoms with van der Waals surface area (Å²) < 4.78 is 29.1. The molecule has 0 aromatic heterocycles. The molecule has 1 unspecified atom stereocenters. The fraction of sp³-hybridized carbons (Fsp3) is 0.588. The molecule has 0 spiro atoms. The van der Waals surface area contributed by atoms with E-state index >= 15 is 0 Å². The lowest BCUT2D eigenvalue weighted by Crippen LogP contribution is -2.57. The van der Waals surface area contributed by atoms with Crippen molar-refractivity contribution in [2.45, 2.75) is 24.7 Å². The van der Waals surface area contributed by atoms with Crippen LogP contribution in [0.15, 0.2) is 29.3 Å². The molecule has 0 radical (unpaired) electrons. The lowest BCUT2D eigenvalue weighted by Gasteiger charge is -2.39. The molecule has 0 saturated carbocycles. The molecule has 1 aliphatic heterocycles. The average molecular weight is 388 g/mol.